The molecule has 0 aliphatic carbocycles. The van der Waals surface area contributed by atoms with E-state index >= 15 is 0 Å². The van der Waals surface area contributed by atoms with Crippen molar-refractivity contribution in [3.8, 4) is 0 Å². The number of hydrogen-bond acceptors (Lipinski definition) is 3. The Hall–Kier alpha value is -1.68. The summed E-state index contributed by atoms with van der Waals surface area (Å²) in [6, 6.07) is 4.34. The number of aromatic nitrogens is 2. The molecular weight excluding hydrogens is 206 g/mol. The molecule has 15 heavy (non-hydrogen) atoms. The van der Waals surface area contributed by atoms with Crippen molar-refractivity contribution in [1.82, 2.24) is 9.55 Å². The minimum Gasteiger partial charge on any atom is -0.307 e. The second-order valence-corrected chi connectivity index (χ2v) is 4.56. The van der Waals surface area contributed by atoms with Gasteiger partial charge >= 0.3 is 0 Å². The molecule has 1 aromatic carbocycles. The van der Waals surface area contributed by atoms with Crippen LogP contribution >= 0.6 is 11.3 Å². The Kier molecular flexibility index (Phi) is 1.25. The quantitative estimate of drug-likeness (QED) is 0.564. The molecule has 0 atom stereocenters. The van der Waals surface area contributed by atoms with Gasteiger partial charge in [0.1, 0.15) is 0 Å². The molecule has 4 heteroatoms. The summed E-state index contributed by atoms with van der Waals surface area (Å²) in [5.74, 6) is 0. The van der Waals surface area contributed by atoms with Gasteiger partial charge in [-0.05, 0) is 12.1 Å². The van der Waals surface area contributed by atoms with E-state index in [1.54, 1.807) is 11.3 Å². The predicted molar refractivity (Wildman–Crippen MR) is 62.7 cm³/mol. The van der Waals surface area contributed by atoms with Crippen molar-refractivity contribution in [2.75, 3.05) is 0 Å². The van der Waals surface area contributed by atoms with Crippen LogP contribution in [0.2, 0.25) is 0 Å². The third kappa shape index (κ3) is 0.849. The molecule has 0 bridgehead atoms. The van der Waals surface area contributed by atoms with Crippen LogP contribution in [0, 0.1) is 0 Å². The Balaban J connectivity index is 2.37. The fourth-order valence-electron chi connectivity index (χ4n) is 2.21. The highest BCUT2D eigenvalue weighted by molar-refractivity contribution is 7.16. The van der Waals surface area contributed by atoms with E-state index in [0.717, 1.165) is 12.1 Å². The van der Waals surface area contributed by atoms with E-state index in [0.29, 0.717) is 0 Å². The third-order valence-electron chi connectivity index (χ3n) is 2.85. The number of benzene rings is 1. The molecule has 0 unspecified atom stereocenters. The average molecular weight is 213 g/mol. The maximum Gasteiger partial charge on any atom is 0.0939 e. The highest BCUT2D eigenvalue weighted by Gasteiger charge is 2.14. The van der Waals surface area contributed by atoms with E-state index in [2.05, 4.69) is 32.9 Å². The number of aliphatic imine (C=N–C) groups is 1. The number of rotatable bonds is 0. The van der Waals surface area contributed by atoms with Crippen LogP contribution in [0.5, 0.6) is 0 Å². The molecule has 0 radical (unpaired) electrons. The summed E-state index contributed by atoms with van der Waals surface area (Å²) in [6.45, 7) is 0.752. The lowest BCUT2D eigenvalue weighted by Crippen LogP contribution is -2.02. The number of thiazole rings is 1. The summed E-state index contributed by atoms with van der Waals surface area (Å²) in [5.41, 5.74) is 5.55. The van der Waals surface area contributed by atoms with E-state index in [1.807, 2.05) is 11.8 Å². The fraction of sp³-hybridized carbons (Fsp3) is 0.0909. The molecule has 0 saturated carbocycles. The molecular formula is C11H7N3S. The van der Waals surface area contributed by atoms with E-state index in [4.69, 9.17) is 0 Å². The Morgan fingerprint density at radius 1 is 1.40 bits per heavy atom. The van der Waals surface area contributed by atoms with Crippen LogP contribution in [-0.2, 0) is 6.54 Å². The molecule has 0 saturated heterocycles. The van der Waals surface area contributed by atoms with Gasteiger partial charge in [-0.15, -0.1) is 11.3 Å². The highest BCUT2D eigenvalue weighted by atomic mass is 32.1. The molecule has 1 aliphatic heterocycles. The summed E-state index contributed by atoms with van der Waals surface area (Å²) >= 11 is 1.69. The van der Waals surface area contributed by atoms with Crippen molar-refractivity contribution in [3.05, 3.63) is 29.4 Å². The second kappa shape index (κ2) is 2.46. The second-order valence-electron chi connectivity index (χ2n) is 3.67. The SMILES string of the molecule is C1=NCc2c3ncsc3cc3ccn1c23. The molecule has 4 rings (SSSR count). The largest absolute Gasteiger partial charge is 0.307 e. The zero-order valence-corrected chi connectivity index (χ0v) is 8.66. The maximum atomic E-state index is 4.43. The first kappa shape index (κ1) is 7.59. The molecule has 3 aromatic rings. The van der Waals surface area contributed by atoms with Gasteiger partial charge in [-0.3, -0.25) is 4.99 Å². The highest BCUT2D eigenvalue weighted by Crippen LogP contribution is 2.32. The van der Waals surface area contributed by atoms with E-state index in [1.165, 1.54) is 21.2 Å². The topological polar surface area (TPSA) is 30.2 Å². The predicted octanol–water partition coefficient (Wildman–Crippen LogP) is 2.64. The van der Waals surface area contributed by atoms with Crippen molar-refractivity contribution in [3.63, 3.8) is 0 Å². The van der Waals surface area contributed by atoms with E-state index < -0.39 is 0 Å². The van der Waals surface area contributed by atoms with Crippen molar-refractivity contribution in [2.45, 2.75) is 6.54 Å². The maximum absolute atomic E-state index is 4.43. The van der Waals surface area contributed by atoms with Crippen LogP contribution in [0.1, 0.15) is 5.56 Å². The number of fused-ring (bicyclic) bond motifs is 2. The molecule has 3 heterocycles. The standard InChI is InChI=1S/C11H7N3S/c1-2-14-5-12-4-8-10-9(15-6-13-10)3-7(1)11(8)14/h1-3,5-6H,4H2. The molecule has 1 aliphatic rings. The smallest absolute Gasteiger partial charge is 0.0939 e. The van der Waals surface area contributed by atoms with Gasteiger partial charge < -0.3 is 4.57 Å². The van der Waals surface area contributed by atoms with E-state index in [9.17, 15) is 0 Å². The molecule has 0 N–H and O–H groups in total. The molecule has 0 amide bonds. The van der Waals surface area contributed by atoms with Crippen molar-refractivity contribution in [2.24, 2.45) is 4.99 Å². The lowest BCUT2D eigenvalue weighted by Gasteiger charge is -2.09. The van der Waals surface area contributed by atoms with Gasteiger partial charge in [0, 0.05) is 17.1 Å². The molecule has 0 fully saturated rings. The van der Waals surface area contributed by atoms with Gasteiger partial charge in [-0.1, -0.05) is 0 Å². The fourth-order valence-corrected chi connectivity index (χ4v) is 2.97. The van der Waals surface area contributed by atoms with E-state index in [-0.39, 0.29) is 0 Å². The number of hydrogen-bond donors (Lipinski definition) is 0. The lowest BCUT2D eigenvalue weighted by molar-refractivity contribution is 1.03. The average Bonchev–Trinajstić information content (AvgIpc) is 2.87. The van der Waals surface area contributed by atoms with Crippen LogP contribution in [-0.4, -0.2) is 15.9 Å². The molecule has 72 valence electrons. The van der Waals surface area contributed by atoms with Crippen molar-refractivity contribution < 1.29 is 0 Å². The molecule has 3 nitrogen and oxygen atoms in total. The van der Waals surface area contributed by atoms with Crippen LogP contribution < -0.4 is 0 Å². The Labute approximate surface area is 89.7 Å². The van der Waals surface area contributed by atoms with Gasteiger partial charge in [0.05, 0.1) is 34.1 Å². The lowest BCUT2D eigenvalue weighted by atomic mass is 10.1. The van der Waals surface area contributed by atoms with Gasteiger partial charge in [0.25, 0.3) is 0 Å². The zero-order chi connectivity index (χ0) is 9.83. The first-order valence-corrected chi connectivity index (χ1v) is 5.67. The summed E-state index contributed by atoms with van der Waals surface area (Å²) in [7, 11) is 0. The van der Waals surface area contributed by atoms with Crippen molar-refractivity contribution >= 4 is 38.8 Å². The summed E-state index contributed by atoms with van der Waals surface area (Å²) in [6.07, 6.45) is 3.94. The summed E-state index contributed by atoms with van der Waals surface area (Å²) < 4.78 is 3.33. The summed E-state index contributed by atoms with van der Waals surface area (Å²) in [5, 5.41) is 1.29. The van der Waals surface area contributed by atoms with Crippen molar-refractivity contribution in [1.29, 1.82) is 0 Å². The minimum atomic E-state index is 0.752. The van der Waals surface area contributed by atoms with Crippen LogP contribution in [0.25, 0.3) is 21.1 Å². The summed E-state index contributed by atoms with van der Waals surface area (Å²) in [4.78, 5) is 8.77. The first-order chi connectivity index (χ1) is 7.43. The third-order valence-corrected chi connectivity index (χ3v) is 3.63. The Morgan fingerprint density at radius 2 is 2.40 bits per heavy atom. The van der Waals surface area contributed by atoms with Gasteiger partial charge in [-0.25, -0.2) is 4.98 Å². The monoisotopic (exact) mass is 213 g/mol. The normalized spacial score (nSPS) is 14.1. The number of nitrogens with zero attached hydrogens (tertiary/aromatic N) is 3. The Morgan fingerprint density at radius 3 is 3.40 bits per heavy atom. The van der Waals surface area contributed by atoms with Gasteiger partial charge in [0.15, 0.2) is 0 Å². The van der Waals surface area contributed by atoms with Gasteiger partial charge in [-0.2, -0.15) is 0 Å². The Bertz CT molecular complexity index is 705. The minimum absolute atomic E-state index is 0.752. The molecule has 0 spiro atoms. The van der Waals surface area contributed by atoms with Crippen LogP contribution in [0.4, 0.5) is 0 Å². The first-order valence-electron chi connectivity index (χ1n) is 4.79. The molecule has 2 aromatic heterocycles. The zero-order valence-electron chi connectivity index (χ0n) is 7.84. The van der Waals surface area contributed by atoms with Crippen LogP contribution in [0.3, 0.4) is 0 Å². The van der Waals surface area contributed by atoms with Crippen LogP contribution in [0.15, 0.2) is 28.8 Å². The van der Waals surface area contributed by atoms with Gasteiger partial charge in [0.2, 0.25) is 0 Å².